The van der Waals surface area contributed by atoms with Crippen LogP contribution < -0.4 is 15.4 Å². The second-order valence-corrected chi connectivity index (χ2v) is 7.14. The lowest BCUT2D eigenvalue weighted by Gasteiger charge is -2.22. The molecule has 21 heavy (non-hydrogen) atoms. The van der Waals surface area contributed by atoms with Gasteiger partial charge in [0.2, 0.25) is 15.9 Å². The monoisotopic (exact) mass is 311 g/mol. The van der Waals surface area contributed by atoms with Gasteiger partial charge in [-0.1, -0.05) is 6.42 Å². The van der Waals surface area contributed by atoms with Gasteiger partial charge in [0.15, 0.2) is 0 Å². The Balaban J connectivity index is 2.04. The molecule has 1 aliphatic heterocycles. The van der Waals surface area contributed by atoms with Crippen LogP contribution in [0.2, 0.25) is 0 Å². The minimum atomic E-state index is -3.30. The van der Waals surface area contributed by atoms with E-state index < -0.39 is 10.0 Å². The Kier molecular flexibility index (Phi) is 4.84. The van der Waals surface area contributed by atoms with E-state index in [0.29, 0.717) is 11.4 Å². The van der Waals surface area contributed by atoms with Crippen LogP contribution in [0.15, 0.2) is 18.2 Å². The normalized spacial score (nSPS) is 19.0. The SMILES string of the molecule is Cc1cc(NC(=O)[C@H]2CCCCN2)ccc1NS(C)(=O)=O. The maximum Gasteiger partial charge on any atom is 0.241 e. The summed E-state index contributed by atoms with van der Waals surface area (Å²) in [5.74, 6) is -0.0436. The van der Waals surface area contributed by atoms with E-state index in [1.165, 1.54) is 0 Å². The van der Waals surface area contributed by atoms with Crippen molar-refractivity contribution in [1.82, 2.24) is 5.32 Å². The lowest BCUT2D eigenvalue weighted by atomic mass is 10.0. The zero-order valence-corrected chi connectivity index (χ0v) is 13.1. The maximum atomic E-state index is 12.1. The predicted molar refractivity (Wildman–Crippen MR) is 83.9 cm³/mol. The van der Waals surface area contributed by atoms with E-state index in [-0.39, 0.29) is 11.9 Å². The molecule has 0 aromatic heterocycles. The molecular weight excluding hydrogens is 290 g/mol. The van der Waals surface area contributed by atoms with Gasteiger partial charge in [0.1, 0.15) is 0 Å². The summed E-state index contributed by atoms with van der Waals surface area (Å²) in [6.45, 7) is 2.66. The third kappa shape index (κ3) is 4.71. The largest absolute Gasteiger partial charge is 0.325 e. The average molecular weight is 311 g/mol. The minimum absolute atomic E-state index is 0.0436. The summed E-state index contributed by atoms with van der Waals surface area (Å²) >= 11 is 0. The molecule has 0 bridgehead atoms. The van der Waals surface area contributed by atoms with Gasteiger partial charge in [-0.3, -0.25) is 9.52 Å². The van der Waals surface area contributed by atoms with Crippen molar-refractivity contribution in [2.75, 3.05) is 22.8 Å². The van der Waals surface area contributed by atoms with Crippen LogP contribution in [-0.4, -0.2) is 33.2 Å². The van der Waals surface area contributed by atoms with Crippen molar-refractivity contribution in [2.45, 2.75) is 32.2 Å². The molecule has 1 heterocycles. The number of anilines is 2. The number of hydrogen-bond acceptors (Lipinski definition) is 4. The smallest absolute Gasteiger partial charge is 0.241 e. The molecule has 1 aromatic carbocycles. The molecule has 0 radical (unpaired) electrons. The summed E-state index contributed by atoms with van der Waals surface area (Å²) in [7, 11) is -3.30. The Labute approximate surface area is 125 Å². The topological polar surface area (TPSA) is 87.3 Å². The number of nitrogens with one attached hydrogen (secondary N) is 3. The van der Waals surface area contributed by atoms with Crippen LogP contribution in [0, 0.1) is 6.92 Å². The van der Waals surface area contributed by atoms with Crippen molar-refractivity contribution in [3.63, 3.8) is 0 Å². The van der Waals surface area contributed by atoms with Crippen molar-refractivity contribution in [3.05, 3.63) is 23.8 Å². The molecule has 1 atom stereocenters. The number of benzene rings is 1. The van der Waals surface area contributed by atoms with Gasteiger partial charge in [0, 0.05) is 5.69 Å². The van der Waals surface area contributed by atoms with Crippen LogP contribution in [0.3, 0.4) is 0 Å². The molecule has 2 rings (SSSR count). The summed E-state index contributed by atoms with van der Waals surface area (Å²) < 4.78 is 24.9. The molecule has 7 heteroatoms. The highest BCUT2D eigenvalue weighted by Gasteiger charge is 2.20. The standard InChI is InChI=1S/C14H21N3O3S/c1-10-9-11(6-7-12(10)17-21(2,19)20)16-14(18)13-5-3-4-8-15-13/h6-7,9,13,15,17H,3-5,8H2,1-2H3,(H,16,18)/t13-/m1/s1. The predicted octanol–water partition coefficient (Wildman–Crippen LogP) is 1.45. The minimum Gasteiger partial charge on any atom is -0.325 e. The number of aryl methyl sites for hydroxylation is 1. The van der Waals surface area contributed by atoms with Crippen LogP contribution in [0.4, 0.5) is 11.4 Å². The second-order valence-electron chi connectivity index (χ2n) is 5.40. The van der Waals surface area contributed by atoms with E-state index in [1.54, 1.807) is 25.1 Å². The van der Waals surface area contributed by atoms with Crippen molar-refractivity contribution >= 4 is 27.3 Å². The Bertz CT molecular complexity index is 622. The molecule has 1 aliphatic rings. The number of piperidine rings is 1. The number of sulfonamides is 1. The molecule has 0 spiro atoms. The zero-order chi connectivity index (χ0) is 15.5. The van der Waals surface area contributed by atoms with Crippen LogP contribution in [0.5, 0.6) is 0 Å². The van der Waals surface area contributed by atoms with Crippen molar-refractivity contribution in [1.29, 1.82) is 0 Å². The molecule has 1 saturated heterocycles. The molecule has 0 saturated carbocycles. The van der Waals surface area contributed by atoms with Crippen molar-refractivity contribution in [2.24, 2.45) is 0 Å². The third-order valence-electron chi connectivity index (χ3n) is 3.42. The highest BCUT2D eigenvalue weighted by atomic mass is 32.2. The molecule has 1 amide bonds. The number of carbonyl (C=O) groups is 1. The van der Waals surface area contributed by atoms with E-state index in [2.05, 4.69) is 15.4 Å². The molecule has 0 aliphatic carbocycles. The Hall–Kier alpha value is -1.60. The van der Waals surface area contributed by atoms with Crippen molar-refractivity contribution in [3.8, 4) is 0 Å². The average Bonchev–Trinajstić information content (AvgIpc) is 2.41. The van der Waals surface area contributed by atoms with E-state index in [0.717, 1.165) is 37.6 Å². The fourth-order valence-corrected chi connectivity index (χ4v) is 2.99. The molecule has 3 N–H and O–H groups in total. The quantitative estimate of drug-likeness (QED) is 0.785. The van der Waals surface area contributed by atoms with E-state index in [4.69, 9.17) is 0 Å². The van der Waals surface area contributed by atoms with Crippen molar-refractivity contribution < 1.29 is 13.2 Å². The number of hydrogen-bond donors (Lipinski definition) is 3. The van der Waals surface area contributed by atoms with Crippen LogP contribution in [0.25, 0.3) is 0 Å². The van der Waals surface area contributed by atoms with Gasteiger partial charge in [-0.05, 0) is 50.1 Å². The Morgan fingerprint density at radius 1 is 1.33 bits per heavy atom. The van der Waals surface area contributed by atoms with E-state index >= 15 is 0 Å². The Morgan fingerprint density at radius 2 is 2.10 bits per heavy atom. The van der Waals surface area contributed by atoms with E-state index in [1.807, 2.05) is 0 Å². The molecule has 1 aromatic rings. The fourth-order valence-electron chi connectivity index (χ4n) is 2.36. The van der Waals surface area contributed by atoms with Gasteiger partial charge in [0.05, 0.1) is 18.0 Å². The molecular formula is C14H21N3O3S. The van der Waals surface area contributed by atoms with Gasteiger partial charge >= 0.3 is 0 Å². The lowest BCUT2D eigenvalue weighted by Crippen LogP contribution is -2.43. The fraction of sp³-hybridized carbons (Fsp3) is 0.500. The van der Waals surface area contributed by atoms with E-state index in [9.17, 15) is 13.2 Å². The summed E-state index contributed by atoms with van der Waals surface area (Å²) in [5.41, 5.74) is 1.95. The molecule has 1 fully saturated rings. The summed E-state index contributed by atoms with van der Waals surface area (Å²) in [4.78, 5) is 12.1. The van der Waals surface area contributed by atoms with Gasteiger partial charge in [0.25, 0.3) is 0 Å². The highest BCUT2D eigenvalue weighted by molar-refractivity contribution is 7.92. The van der Waals surface area contributed by atoms with Gasteiger partial charge in [-0.15, -0.1) is 0 Å². The molecule has 116 valence electrons. The first kappa shape index (κ1) is 15.8. The van der Waals surface area contributed by atoms with Crippen LogP contribution in [-0.2, 0) is 14.8 Å². The van der Waals surface area contributed by atoms with Crippen LogP contribution in [0.1, 0.15) is 24.8 Å². The lowest BCUT2D eigenvalue weighted by molar-refractivity contribution is -0.118. The third-order valence-corrected chi connectivity index (χ3v) is 4.01. The van der Waals surface area contributed by atoms with Crippen LogP contribution >= 0.6 is 0 Å². The first-order chi connectivity index (χ1) is 9.85. The van der Waals surface area contributed by atoms with Gasteiger partial charge in [-0.25, -0.2) is 8.42 Å². The maximum absolute atomic E-state index is 12.1. The van der Waals surface area contributed by atoms with Gasteiger partial charge in [-0.2, -0.15) is 0 Å². The second kappa shape index (κ2) is 6.44. The molecule has 0 unspecified atom stereocenters. The molecule has 6 nitrogen and oxygen atoms in total. The number of amides is 1. The number of carbonyl (C=O) groups excluding carboxylic acids is 1. The van der Waals surface area contributed by atoms with Gasteiger partial charge < -0.3 is 10.6 Å². The summed E-state index contributed by atoms with van der Waals surface area (Å²) in [5, 5.41) is 6.06. The highest BCUT2D eigenvalue weighted by Crippen LogP contribution is 2.21. The number of rotatable bonds is 4. The first-order valence-electron chi connectivity index (χ1n) is 6.98. The summed E-state index contributed by atoms with van der Waals surface area (Å²) in [6, 6.07) is 4.96. The Morgan fingerprint density at radius 3 is 2.67 bits per heavy atom. The first-order valence-corrected chi connectivity index (χ1v) is 8.87. The zero-order valence-electron chi connectivity index (χ0n) is 12.3. The summed E-state index contributed by atoms with van der Waals surface area (Å²) in [6.07, 6.45) is 4.12.